The van der Waals surface area contributed by atoms with Crippen LogP contribution in [-0.2, 0) is 22.4 Å². The Morgan fingerprint density at radius 2 is 1.31 bits per heavy atom. The van der Waals surface area contributed by atoms with E-state index in [2.05, 4.69) is 0 Å². The first kappa shape index (κ1) is 36.5. The maximum atomic E-state index is 13.9. The molecule has 3 aliphatic rings. The number of aliphatic hydroxyl groups is 1. The van der Waals surface area contributed by atoms with Gasteiger partial charge in [0.05, 0.1) is 38.6 Å². The summed E-state index contributed by atoms with van der Waals surface area (Å²) in [5.41, 5.74) is -0.529. The van der Waals surface area contributed by atoms with E-state index in [1.54, 1.807) is 0 Å². The van der Waals surface area contributed by atoms with E-state index < -0.39 is 71.2 Å². The van der Waals surface area contributed by atoms with Crippen molar-refractivity contribution in [1.29, 1.82) is 0 Å². The highest BCUT2D eigenvalue weighted by molar-refractivity contribution is 6.46. The van der Waals surface area contributed by atoms with Crippen molar-refractivity contribution < 1.29 is 78.6 Å². The molecule has 4 atom stereocenters. The quantitative estimate of drug-likeness (QED) is 0.0805. The van der Waals surface area contributed by atoms with Crippen LogP contribution in [0, 0.1) is 0 Å². The average Bonchev–Trinajstić information content (AvgIpc) is 3.27. The number of benzene rings is 4. The van der Waals surface area contributed by atoms with Crippen molar-refractivity contribution in [3.8, 4) is 63.2 Å². The van der Waals surface area contributed by atoms with Gasteiger partial charge in [-0.05, 0) is 29.3 Å². The van der Waals surface area contributed by atoms with E-state index >= 15 is 0 Å². The number of methoxy groups -OCH3 is 3. The minimum absolute atomic E-state index is 0.0105. The molecule has 2 unspecified atom stereocenters. The molecule has 1 aliphatic carbocycles. The highest BCUT2D eigenvalue weighted by atomic mass is 16.6. The number of phenolic OH excluding ortho intramolecular Hbond substituents is 6. The van der Waals surface area contributed by atoms with E-state index in [0.29, 0.717) is 0 Å². The number of fused-ring (bicyclic) bond motifs is 3. The first-order valence-electron chi connectivity index (χ1n) is 16.7. The lowest BCUT2D eigenvalue weighted by molar-refractivity contribution is -0.114. The highest BCUT2D eigenvalue weighted by Gasteiger charge is 2.43. The average molecular weight is 759 g/mol. The van der Waals surface area contributed by atoms with Crippen LogP contribution in [0.4, 0.5) is 0 Å². The molecule has 0 radical (unpaired) electrons. The van der Waals surface area contributed by atoms with Crippen molar-refractivity contribution in [2.24, 2.45) is 0 Å². The van der Waals surface area contributed by atoms with E-state index in [1.165, 1.54) is 51.7 Å². The summed E-state index contributed by atoms with van der Waals surface area (Å²) in [4.78, 5) is 41.0. The number of hydrogen-bond donors (Lipinski definition) is 7. The highest BCUT2D eigenvalue weighted by Crippen LogP contribution is 2.49. The Morgan fingerprint density at radius 3 is 1.89 bits per heavy atom. The van der Waals surface area contributed by atoms with Crippen molar-refractivity contribution in [1.82, 2.24) is 0 Å². The Labute approximate surface area is 311 Å². The monoisotopic (exact) mass is 758 g/mol. The van der Waals surface area contributed by atoms with Gasteiger partial charge >= 0.3 is 5.97 Å². The number of ketones is 2. The number of carbonyl (C=O) groups is 3. The molecule has 7 N–H and O–H groups in total. The molecule has 16 nitrogen and oxygen atoms in total. The molecule has 7 rings (SSSR count). The Bertz CT molecular complexity index is 2280. The van der Waals surface area contributed by atoms with Crippen molar-refractivity contribution in [2.75, 3.05) is 21.3 Å². The van der Waals surface area contributed by atoms with Crippen LogP contribution < -0.4 is 23.7 Å². The van der Waals surface area contributed by atoms with Crippen LogP contribution in [-0.4, -0.2) is 92.9 Å². The maximum Gasteiger partial charge on any atom is 0.338 e. The van der Waals surface area contributed by atoms with Crippen LogP contribution >= 0.6 is 0 Å². The van der Waals surface area contributed by atoms with Crippen molar-refractivity contribution in [3.63, 3.8) is 0 Å². The molecule has 55 heavy (non-hydrogen) atoms. The Kier molecular flexibility index (Phi) is 9.22. The third kappa shape index (κ3) is 6.35. The minimum atomic E-state index is -1.45. The summed E-state index contributed by atoms with van der Waals surface area (Å²) in [5, 5.41) is 74.8. The van der Waals surface area contributed by atoms with Crippen LogP contribution in [0.15, 0.2) is 48.0 Å². The van der Waals surface area contributed by atoms with Crippen molar-refractivity contribution in [3.05, 3.63) is 81.4 Å². The number of Topliss-reactive ketones (excluding diaryl/α,β-unsaturated/α-hetero) is 2. The normalized spacial score (nSPS) is 20.0. The number of ether oxygens (including phenoxy) is 6. The Balaban J connectivity index is 1.38. The van der Waals surface area contributed by atoms with Gasteiger partial charge < -0.3 is 64.2 Å². The molecule has 0 fully saturated rings. The summed E-state index contributed by atoms with van der Waals surface area (Å²) in [5.74, 6) is -5.92. The van der Waals surface area contributed by atoms with Crippen LogP contribution in [0.2, 0.25) is 0 Å². The molecule has 2 heterocycles. The van der Waals surface area contributed by atoms with Crippen molar-refractivity contribution >= 4 is 23.6 Å². The van der Waals surface area contributed by atoms with Gasteiger partial charge in [-0.25, -0.2) is 4.79 Å². The first-order chi connectivity index (χ1) is 26.2. The predicted molar refractivity (Wildman–Crippen MR) is 188 cm³/mol. The second-order valence-corrected chi connectivity index (χ2v) is 13.1. The first-order valence-corrected chi connectivity index (χ1v) is 16.7. The van der Waals surface area contributed by atoms with Crippen LogP contribution in [0.5, 0.6) is 63.2 Å². The minimum Gasteiger partial charge on any atom is -0.508 e. The zero-order valence-corrected chi connectivity index (χ0v) is 29.4. The van der Waals surface area contributed by atoms with Crippen LogP contribution in [0.3, 0.4) is 0 Å². The lowest BCUT2D eigenvalue weighted by atomic mass is 9.87. The number of carbonyl (C=O) groups excluding carboxylic acids is 3. The molecule has 0 saturated heterocycles. The molecular weight excluding hydrogens is 724 g/mol. The van der Waals surface area contributed by atoms with E-state index in [9.17, 15) is 50.1 Å². The lowest BCUT2D eigenvalue weighted by Crippen LogP contribution is -2.39. The van der Waals surface area contributed by atoms with Gasteiger partial charge in [-0.15, -0.1) is 0 Å². The SMILES string of the molecule is COc1cc(C(=O)O[C@@H]2Cc3c(O)cc(O)cc3O[C@@H]2c2cc(O)c(O)c3c2C=C(C2Oc4cc(O)cc(O)c4CC2O)CC(=O)C3=O)cc(OC)c1OC. The number of phenols is 6. The largest absolute Gasteiger partial charge is 0.508 e. The van der Waals surface area contributed by atoms with E-state index in [4.69, 9.17) is 28.4 Å². The molecule has 286 valence electrons. The van der Waals surface area contributed by atoms with Gasteiger partial charge in [0.2, 0.25) is 17.3 Å². The summed E-state index contributed by atoms with van der Waals surface area (Å²) in [6, 6.07) is 8.29. The molecule has 0 spiro atoms. The number of aliphatic hydroxyl groups excluding tert-OH is 1. The zero-order chi connectivity index (χ0) is 39.5. The van der Waals surface area contributed by atoms with Gasteiger partial charge in [-0.2, -0.15) is 0 Å². The van der Waals surface area contributed by atoms with Gasteiger partial charge in [0.15, 0.2) is 29.1 Å². The van der Waals surface area contributed by atoms with Crippen LogP contribution in [0.1, 0.15) is 55.5 Å². The fraction of sp³-hybridized carbons (Fsp3) is 0.256. The topological polar surface area (TPSA) is 248 Å². The van der Waals surface area contributed by atoms with Gasteiger partial charge in [-0.1, -0.05) is 6.08 Å². The molecule has 0 amide bonds. The fourth-order valence-electron chi connectivity index (χ4n) is 7.14. The number of aromatic hydroxyl groups is 6. The zero-order valence-electron chi connectivity index (χ0n) is 29.4. The molecular formula is C39H34O16. The number of rotatable bonds is 7. The summed E-state index contributed by atoms with van der Waals surface area (Å²) in [7, 11) is 4.09. The number of esters is 1. The third-order valence-corrected chi connectivity index (χ3v) is 9.71. The Morgan fingerprint density at radius 1 is 0.727 bits per heavy atom. The smallest absolute Gasteiger partial charge is 0.338 e. The predicted octanol–water partition coefficient (Wildman–Crippen LogP) is 3.75. The van der Waals surface area contributed by atoms with E-state index in [-0.39, 0.29) is 92.2 Å². The van der Waals surface area contributed by atoms with E-state index in [0.717, 1.165) is 18.2 Å². The fourth-order valence-corrected chi connectivity index (χ4v) is 7.14. The molecule has 16 heteroatoms. The van der Waals surface area contributed by atoms with Gasteiger partial charge in [0.1, 0.15) is 46.7 Å². The van der Waals surface area contributed by atoms with Gasteiger partial charge in [0, 0.05) is 60.2 Å². The second kappa shape index (κ2) is 13.9. The molecule has 0 saturated carbocycles. The van der Waals surface area contributed by atoms with Crippen molar-refractivity contribution in [2.45, 2.75) is 43.7 Å². The molecule has 2 aliphatic heterocycles. The molecule has 0 aromatic heterocycles. The number of hydrogen-bond acceptors (Lipinski definition) is 16. The molecule has 0 bridgehead atoms. The maximum absolute atomic E-state index is 13.9. The lowest BCUT2D eigenvalue weighted by Gasteiger charge is -2.35. The van der Waals surface area contributed by atoms with Gasteiger partial charge in [0.25, 0.3) is 0 Å². The van der Waals surface area contributed by atoms with Gasteiger partial charge in [-0.3, -0.25) is 9.59 Å². The second-order valence-electron chi connectivity index (χ2n) is 13.1. The standard InChI is InChI=1S/C39H34O16/c1-50-30-6-16(7-31(51-2)38(30)52-3)39(49)55-32-14-22-24(43)9-18(41)11-29(22)54-37(32)20-12-26(45)35(48)33-19(20)4-15(5-25(44)34(33)47)36-27(46)13-21-23(42)8-17(40)10-28(21)53-36/h4,6-12,27,32,36-37,40-43,45-46,48H,5,13-14H2,1-3H3/t27?,32-,36?,37-/m1/s1. The molecule has 4 aromatic rings. The third-order valence-electron chi connectivity index (χ3n) is 9.71. The van der Waals surface area contributed by atoms with E-state index in [1.807, 2.05) is 0 Å². The summed E-state index contributed by atoms with van der Waals surface area (Å²) in [6.45, 7) is 0. The Hall–Kier alpha value is -6.81. The summed E-state index contributed by atoms with van der Waals surface area (Å²) < 4.78 is 34.4. The summed E-state index contributed by atoms with van der Waals surface area (Å²) in [6.07, 6.45) is -5.19. The van der Waals surface area contributed by atoms with Crippen LogP contribution in [0.25, 0.3) is 6.08 Å². The summed E-state index contributed by atoms with van der Waals surface area (Å²) >= 11 is 0. The molecule has 4 aromatic carbocycles.